The summed E-state index contributed by atoms with van der Waals surface area (Å²) >= 11 is 0. The minimum atomic E-state index is 0.407. The number of methoxy groups -OCH3 is 1. The standard InChI is InChI=1S/C10H9NO2/c1-7-3-10(13-2)9(6-12)4-8(7)5-11/h3-4,6H,1-2H3. The molecule has 1 aromatic rings. The summed E-state index contributed by atoms with van der Waals surface area (Å²) in [5.74, 6) is 0.506. The van der Waals surface area contributed by atoms with Crippen molar-refractivity contribution in [3.63, 3.8) is 0 Å². The van der Waals surface area contributed by atoms with Crippen LogP contribution in [0.4, 0.5) is 0 Å². The minimum absolute atomic E-state index is 0.407. The number of hydrogen-bond donors (Lipinski definition) is 0. The Kier molecular flexibility index (Phi) is 2.65. The molecule has 0 aliphatic heterocycles. The lowest BCUT2D eigenvalue weighted by Crippen LogP contribution is -1.93. The summed E-state index contributed by atoms with van der Waals surface area (Å²) in [5, 5.41) is 8.70. The van der Waals surface area contributed by atoms with E-state index in [9.17, 15) is 4.79 Å². The third kappa shape index (κ3) is 1.67. The zero-order valence-electron chi connectivity index (χ0n) is 7.50. The van der Waals surface area contributed by atoms with Crippen LogP contribution in [0, 0.1) is 18.3 Å². The van der Waals surface area contributed by atoms with Gasteiger partial charge in [-0.1, -0.05) is 0 Å². The normalized spacial score (nSPS) is 9.00. The van der Waals surface area contributed by atoms with Crippen LogP contribution in [0.5, 0.6) is 5.75 Å². The van der Waals surface area contributed by atoms with E-state index in [0.717, 1.165) is 5.56 Å². The van der Waals surface area contributed by atoms with E-state index in [-0.39, 0.29) is 0 Å². The van der Waals surface area contributed by atoms with Crippen molar-refractivity contribution in [1.29, 1.82) is 5.26 Å². The first kappa shape index (κ1) is 9.27. The summed E-state index contributed by atoms with van der Waals surface area (Å²) in [6, 6.07) is 5.22. The Morgan fingerprint density at radius 2 is 2.23 bits per heavy atom. The van der Waals surface area contributed by atoms with Crippen molar-refractivity contribution < 1.29 is 9.53 Å². The molecule has 0 N–H and O–H groups in total. The average molecular weight is 175 g/mol. The summed E-state index contributed by atoms with van der Waals surface area (Å²) in [5.41, 5.74) is 1.72. The van der Waals surface area contributed by atoms with Crippen LogP contribution < -0.4 is 4.74 Å². The largest absolute Gasteiger partial charge is 0.496 e. The lowest BCUT2D eigenvalue weighted by molar-refractivity contribution is 0.112. The second-order valence-corrected chi connectivity index (χ2v) is 2.64. The highest BCUT2D eigenvalue weighted by molar-refractivity contribution is 5.80. The van der Waals surface area contributed by atoms with Crippen molar-refractivity contribution in [1.82, 2.24) is 0 Å². The minimum Gasteiger partial charge on any atom is -0.496 e. The lowest BCUT2D eigenvalue weighted by Gasteiger charge is -2.05. The second kappa shape index (κ2) is 3.72. The molecule has 0 bridgehead atoms. The van der Waals surface area contributed by atoms with Crippen LogP contribution in [0.3, 0.4) is 0 Å². The topological polar surface area (TPSA) is 50.1 Å². The molecule has 0 heterocycles. The molecule has 1 aromatic carbocycles. The van der Waals surface area contributed by atoms with Crippen LogP contribution in [0.25, 0.3) is 0 Å². The highest BCUT2D eigenvalue weighted by Gasteiger charge is 2.06. The van der Waals surface area contributed by atoms with Gasteiger partial charge in [0.25, 0.3) is 0 Å². The number of benzene rings is 1. The second-order valence-electron chi connectivity index (χ2n) is 2.64. The van der Waals surface area contributed by atoms with Gasteiger partial charge in [-0.2, -0.15) is 5.26 Å². The zero-order chi connectivity index (χ0) is 9.84. The van der Waals surface area contributed by atoms with Crippen LogP contribution in [-0.4, -0.2) is 13.4 Å². The number of nitriles is 1. The Bertz CT molecular complexity index is 377. The molecule has 3 nitrogen and oxygen atoms in total. The number of carbonyl (C=O) groups is 1. The predicted octanol–water partition coefficient (Wildman–Crippen LogP) is 1.69. The Labute approximate surface area is 76.6 Å². The van der Waals surface area contributed by atoms with Gasteiger partial charge in [0, 0.05) is 0 Å². The van der Waals surface area contributed by atoms with Crippen LogP contribution >= 0.6 is 0 Å². The Hall–Kier alpha value is -1.82. The highest BCUT2D eigenvalue weighted by atomic mass is 16.5. The van der Waals surface area contributed by atoms with Crippen molar-refractivity contribution in [2.75, 3.05) is 7.11 Å². The van der Waals surface area contributed by atoms with Crippen molar-refractivity contribution in [2.45, 2.75) is 6.92 Å². The van der Waals surface area contributed by atoms with Gasteiger partial charge in [0.1, 0.15) is 5.75 Å². The van der Waals surface area contributed by atoms with Crippen molar-refractivity contribution in [2.24, 2.45) is 0 Å². The van der Waals surface area contributed by atoms with Crippen molar-refractivity contribution >= 4 is 6.29 Å². The maximum atomic E-state index is 10.6. The van der Waals surface area contributed by atoms with E-state index in [4.69, 9.17) is 10.00 Å². The van der Waals surface area contributed by atoms with Crippen molar-refractivity contribution in [3.05, 3.63) is 28.8 Å². The molecular weight excluding hydrogens is 166 g/mol. The molecule has 0 aliphatic carbocycles. The van der Waals surface area contributed by atoms with E-state index >= 15 is 0 Å². The Morgan fingerprint density at radius 3 is 2.69 bits per heavy atom. The molecule has 3 heteroatoms. The molecule has 0 saturated carbocycles. The average Bonchev–Trinajstić information content (AvgIpc) is 2.17. The molecule has 0 fully saturated rings. The quantitative estimate of drug-likeness (QED) is 0.642. The van der Waals surface area contributed by atoms with Crippen LogP contribution in [-0.2, 0) is 0 Å². The highest BCUT2D eigenvalue weighted by Crippen LogP contribution is 2.21. The van der Waals surface area contributed by atoms with E-state index < -0.39 is 0 Å². The molecule has 0 aromatic heterocycles. The van der Waals surface area contributed by atoms with Gasteiger partial charge >= 0.3 is 0 Å². The summed E-state index contributed by atoms with van der Waals surface area (Å²) < 4.78 is 4.98. The van der Waals surface area contributed by atoms with Gasteiger partial charge in [-0.3, -0.25) is 4.79 Å². The van der Waals surface area contributed by atoms with Gasteiger partial charge in [-0.15, -0.1) is 0 Å². The maximum Gasteiger partial charge on any atom is 0.153 e. The molecule has 0 unspecified atom stereocenters. The maximum absolute atomic E-state index is 10.6. The van der Waals surface area contributed by atoms with E-state index in [1.54, 1.807) is 13.0 Å². The Balaban J connectivity index is 3.36. The number of aryl methyl sites for hydroxylation is 1. The van der Waals surface area contributed by atoms with E-state index in [0.29, 0.717) is 23.2 Å². The third-order valence-electron chi connectivity index (χ3n) is 1.82. The van der Waals surface area contributed by atoms with Crippen LogP contribution in [0.1, 0.15) is 21.5 Å². The smallest absolute Gasteiger partial charge is 0.153 e. The fourth-order valence-corrected chi connectivity index (χ4v) is 1.09. The molecule has 66 valence electrons. The van der Waals surface area contributed by atoms with E-state index in [2.05, 4.69) is 0 Å². The molecule has 0 amide bonds. The number of carbonyl (C=O) groups excluding carboxylic acids is 1. The van der Waals surface area contributed by atoms with Gasteiger partial charge < -0.3 is 4.74 Å². The number of aldehydes is 1. The van der Waals surface area contributed by atoms with E-state index in [1.165, 1.54) is 13.2 Å². The summed E-state index contributed by atoms with van der Waals surface area (Å²) in [6.07, 6.45) is 0.680. The first-order valence-corrected chi connectivity index (χ1v) is 3.77. The molecule has 0 spiro atoms. The molecule has 0 atom stereocenters. The molecule has 0 aliphatic rings. The molecule has 0 saturated heterocycles. The first-order chi connectivity index (χ1) is 6.22. The number of ether oxygens (including phenoxy) is 1. The van der Waals surface area contributed by atoms with Crippen molar-refractivity contribution in [3.8, 4) is 11.8 Å². The van der Waals surface area contributed by atoms with E-state index in [1.807, 2.05) is 6.07 Å². The molecule has 1 rings (SSSR count). The van der Waals surface area contributed by atoms with Gasteiger partial charge in [0.15, 0.2) is 6.29 Å². The number of rotatable bonds is 2. The van der Waals surface area contributed by atoms with Gasteiger partial charge in [0.05, 0.1) is 24.3 Å². The number of hydrogen-bond acceptors (Lipinski definition) is 3. The summed E-state index contributed by atoms with van der Waals surface area (Å²) in [6.45, 7) is 1.80. The summed E-state index contributed by atoms with van der Waals surface area (Å²) in [4.78, 5) is 10.6. The van der Waals surface area contributed by atoms with Crippen LogP contribution in [0.15, 0.2) is 12.1 Å². The zero-order valence-corrected chi connectivity index (χ0v) is 7.50. The fourth-order valence-electron chi connectivity index (χ4n) is 1.09. The number of nitrogens with zero attached hydrogens (tertiary/aromatic N) is 1. The SMILES string of the molecule is COc1cc(C)c(C#N)cc1C=O. The third-order valence-corrected chi connectivity index (χ3v) is 1.82. The van der Waals surface area contributed by atoms with Crippen LogP contribution in [0.2, 0.25) is 0 Å². The lowest BCUT2D eigenvalue weighted by atomic mass is 10.1. The predicted molar refractivity (Wildman–Crippen MR) is 47.8 cm³/mol. The van der Waals surface area contributed by atoms with Gasteiger partial charge in [0.2, 0.25) is 0 Å². The first-order valence-electron chi connectivity index (χ1n) is 3.77. The molecular formula is C10H9NO2. The molecule has 0 radical (unpaired) electrons. The van der Waals surface area contributed by atoms with Gasteiger partial charge in [-0.05, 0) is 24.6 Å². The fraction of sp³-hybridized carbons (Fsp3) is 0.200. The Morgan fingerprint density at radius 1 is 1.54 bits per heavy atom. The monoisotopic (exact) mass is 175 g/mol. The summed E-state index contributed by atoms with van der Waals surface area (Å²) in [7, 11) is 1.49. The van der Waals surface area contributed by atoms with Gasteiger partial charge in [-0.25, -0.2) is 0 Å². The molecule has 13 heavy (non-hydrogen) atoms.